The second-order valence-corrected chi connectivity index (χ2v) is 4.49. The molecule has 1 aromatic rings. The smallest absolute Gasteiger partial charge is 0.307 e. The van der Waals surface area contributed by atoms with Gasteiger partial charge in [-0.15, -0.1) is 0 Å². The fourth-order valence-corrected chi connectivity index (χ4v) is 2.07. The molecule has 2 N–H and O–H groups in total. The third-order valence-electron chi connectivity index (χ3n) is 3.06. The quantitative estimate of drug-likeness (QED) is 0.798. The van der Waals surface area contributed by atoms with E-state index in [1.165, 1.54) is 12.3 Å². The highest BCUT2D eigenvalue weighted by Crippen LogP contribution is 2.58. The van der Waals surface area contributed by atoms with Crippen molar-refractivity contribution in [2.24, 2.45) is 17.3 Å². The zero-order valence-corrected chi connectivity index (χ0v) is 8.93. The number of carbonyl (C=O) groups excluding carboxylic acids is 1. The van der Waals surface area contributed by atoms with Crippen molar-refractivity contribution in [1.29, 1.82) is 0 Å². The fourth-order valence-electron chi connectivity index (χ4n) is 2.07. The molecule has 6 heteroatoms. The van der Waals surface area contributed by atoms with Gasteiger partial charge in [-0.2, -0.15) is 0 Å². The minimum Gasteiger partial charge on any atom is -0.481 e. The van der Waals surface area contributed by atoms with Crippen molar-refractivity contribution in [3.8, 4) is 0 Å². The van der Waals surface area contributed by atoms with Crippen LogP contribution in [0.2, 0.25) is 0 Å². The lowest BCUT2D eigenvalue weighted by Crippen LogP contribution is -2.17. The van der Waals surface area contributed by atoms with E-state index in [9.17, 15) is 9.59 Å². The first-order chi connectivity index (χ1) is 7.44. The number of anilines is 1. The maximum atomic E-state index is 11.7. The topological polar surface area (TPSA) is 92.4 Å². The Hall–Kier alpha value is -1.85. The van der Waals surface area contributed by atoms with Gasteiger partial charge in [-0.05, 0) is 5.41 Å². The summed E-state index contributed by atoms with van der Waals surface area (Å²) in [5.41, 5.74) is -0.500. The molecule has 1 aliphatic carbocycles. The molecule has 6 nitrogen and oxygen atoms in total. The van der Waals surface area contributed by atoms with Crippen molar-refractivity contribution in [2.45, 2.75) is 13.8 Å². The molecule has 1 aromatic heterocycles. The molecule has 1 heterocycles. The van der Waals surface area contributed by atoms with Crippen LogP contribution in [0.3, 0.4) is 0 Å². The number of amides is 1. The summed E-state index contributed by atoms with van der Waals surface area (Å²) in [5, 5.41) is 15.0. The number of carbonyl (C=O) groups is 2. The van der Waals surface area contributed by atoms with Crippen molar-refractivity contribution in [2.75, 3.05) is 5.32 Å². The third kappa shape index (κ3) is 1.56. The molecule has 0 bridgehead atoms. The van der Waals surface area contributed by atoms with E-state index in [0.29, 0.717) is 5.82 Å². The average molecular weight is 224 g/mol. The van der Waals surface area contributed by atoms with E-state index in [2.05, 4.69) is 15.0 Å². The van der Waals surface area contributed by atoms with Crippen LogP contribution in [-0.4, -0.2) is 22.1 Å². The highest BCUT2D eigenvalue weighted by atomic mass is 16.5. The van der Waals surface area contributed by atoms with Gasteiger partial charge in [-0.3, -0.25) is 9.59 Å². The number of hydrogen-bond acceptors (Lipinski definition) is 4. The van der Waals surface area contributed by atoms with Crippen molar-refractivity contribution >= 4 is 17.7 Å². The molecule has 0 aliphatic heterocycles. The van der Waals surface area contributed by atoms with Crippen LogP contribution >= 0.6 is 0 Å². The first-order valence-electron chi connectivity index (χ1n) is 4.88. The molecule has 0 aromatic carbocycles. The molecule has 1 fully saturated rings. The largest absolute Gasteiger partial charge is 0.481 e. The zero-order valence-electron chi connectivity index (χ0n) is 8.93. The van der Waals surface area contributed by atoms with Crippen LogP contribution in [0.25, 0.3) is 0 Å². The van der Waals surface area contributed by atoms with Crippen LogP contribution < -0.4 is 5.32 Å². The highest BCUT2D eigenvalue weighted by Gasteiger charge is 2.65. The van der Waals surface area contributed by atoms with Crippen molar-refractivity contribution < 1.29 is 19.2 Å². The lowest BCUT2D eigenvalue weighted by Gasteiger charge is -2.01. The maximum absolute atomic E-state index is 11.7. The lowest BCUT2D eigenvalue weighted by molar-refractivity contribution is -0.140. The van der Waals surface area contributed by atoms with Gasteiger partial charge in [0, 0.05) is 6.07 Å². The predicted molar refractivity (Wildman–Crippen MR) is 53.5 cm³/mol. The highest BCUT2D eigenvalue weighted by molar-refractivity contribution is 5.99. The molecule has 1 saturated carbocycles. The summed E-state index contributed by atoms with van der Waals surface area (Å²) in [6, 6.07) is 1.50. The third-order valence-corrected chi connectivity index (χ3v) is 3.06. The lowest BCUT2D eigenvalue weighted by atomic mass is 10.1. The SMILES string of the molecule is CC1(C)[C@H](C(=O)O)[C@H]1C(=O)Nc1ccon1. The molecule has 2 rings (SSSR count). The molecule has 0 unspecified atom stereocenters. The normalized spacial score (nSPS) is 26.1. The molecular formula is C10H12N2O4. The standard InChI is InChI=1S/C10H12N2O4/c1-10(2)6(7(10)9(14)15)8(13)11-5-3-4-16-12-5/h3-4,6-7H,1-2H3,(H,14,15)(H,11,12,13)/t6-,7-/m0/s1. The molecule has 0 radical (unpaired) electrons. The summed E-state index contributed by atoms with van der Waals surface area (Å²) in [5.74, 6) is -2.10. The first kappa shape index (κ1) is 10.7. The first-order valence-corrected chi connectivity index (χ1v) is 4.88. The van der Waals surface area contributed by atoms with Gasteiger partial charge in [0.25, 0.3) is 0 Å². The summed E-state index contributed by atoms with van der Waals surface area (Å²) in [6.45, 7) is 3.53. The Kier molecular flexibility index (Phi) is 2.22. The summed E-state index contributed by atoms with van der Waals surface area (Å²) in [4.78, 5) is 22.6. The summed E-state index contributed by atoms with van der Waals surface area (Å²) >= 11 is 0. The van der Waals surface area contributed by atoms with Crippen LogP contribution in [0.5, 0.6) is 0 Å². The molecular weight excluding hydrogens is 212 g/mol. The van der Waals surface area contributed by atoms with E-state index in [0.717, 1.165) is 0 Å². The summed E-state index contributed by atoms with van der Waals surface area (Å²) < 4.78 is 4.56. The van der Waals surface area contributed by atoms with Gasteiger partial charge in [0.15, 0.2) is 5.82 Å². The van der Waals surface area contributed by atoms with Gasteiger partial charge in [0.2, 0.25) is 5.91 Å². The number of hydrogen-bond donors (Lipinski definition) is 2. The van der Waals surface area contributed by atoms with Crippen LogP contribution in [-0.2, 0) is 9.59 Å². The molecule has 0 saturated heterocycles. The second-order valence-electron chi connectivity index (χ2n) is 4.49. The van der Waals surface area contributed by atoms with Crippen molar-refractivity contribution in [3.63, 3.8) is 0 Å². The number of rotatable bonds is 3. The number of nitrogens with one attached hydrogen (secondary N) is 1. The van der Waals surface area contributed by atoms with Gasteiger partial charge in [-0.25, -0.2) is 0 Å². The minimum absolute atomic E-state index is 0.303. The summed E-state index contributed by atoms with van der Waals surface area (Å²) in [7, 11) is 0. The number of nitrogens with zero attached hydrogens (tertiary/aromatic N) is 1. The maximum Gasteiger partial charge on any atom is 0.307 e. The fraction of sp³-hybridized carbons (Fsp3) is 0.500. The Balaban J connectivity index is 2.05. The van der Waals surface area contributed by atoms with Crippen molar-refractivity contribution in [1.82, 2.24) is 5.16 Å². The van der Waals surface area contributed by atoms with E-state index in [1.54, 1.807) is 13.8 Å². The second kappa shape index (κ2) is 3.33. The number of aromatic nitrogens is 1. The van der Waals surface area contributed by atoms with Gasteiger partial charge < -0.3 is 14.9 Å². The minimum atomic E-state index is -0.940. The van der Waals surface area contributed by atoms with E-state index < -0.39 is 23.2 Å². The van der Waals surface area contributed by atoms with E-state index in [1.807, 2.05) is 0 Å². The summed E-state index contributed by atoms with van der Waals surface area (Å²) in [6.07, 6.45) is 1.34. The van der Waals surface area contributed by atoms with Crippen LogP contribution in [0.15, 0.2) is 16.9 Å². The monoisotopic (exact) mass is 224 g/mol. The zero-order chi connectivity index (χ0) is 11.9. The van der Waals surface area contributed by atoms with E-state index in [-0.39, 0.29) is 5.91 Å². The van der Waals surface area contributed by atoms with Crippen LogP contribution in [0.4, 0.5) is 5.82 Å². The Labute approximate surface area is 91.6 Å². The molecule has 86 valence electrons. The predicted octanol–water partition coefficient (Wildman–Crippen LogP) is 0.970. The van der Waals surface area contributed by atoms with E-state index in [4.69, 9.17) is 5.11 Å². The van der Waals surface area contributed by atoms with Crippen molar-refractivity contribution in [3.05, 3.63) is 12.3 Å². The van der Waals surface area contributed by atoms with Gasteiger partial charge in [0.05, 0.1) is 11.8 Å². The number of aliphatic carboxylic acids is 1. The molecule has 16 heavy (non-hydrogen) atoms. The Morgan fingerprint density at radius 1 is 1.50 bits per heavy atom. The Morgan fingerprint density at radius 2 is 2.19 bits per heavy atom. The van der Waals surface area contributed by atoms with Gasteiger partial charge in [-0.1, -0.05) is 19.0 Å². The Morgan fingerprint density at radius 3 is 2.62 bits per heavy atom. The number of carboxylic acids is 1. The van der Waals surface area contributed by atoms with E-state index >= 15 is 0 Å². The molecule has 0 spiro atoms. The van der Waals surface area contributed by atoms with Gasteiger partial charge in [0.1, 0.15) is 6.26 Å². The van der Waals surface area contributed by atoms with Crippen LogP contribution in [0, 0.1) is 17.3 Å². The average Bonchev–Trinajstić information content (AvgIpc) is 2.58. The molecule has 2 atom stereocenters. The molecule has 1 aliphatic rings. The molecule has 1 amide bonds. The number of carboxylic acid groups (broad SMARTS) is 1. The van der Waals surface area contributed by atoms with Crippen LogP contribution in [0.1, 0.15) is 13.8 Å². The Bertz CT molecular complexity index is 424. The van der Waals surface area contributed by atoms with Gasteiger partial charge >= 0.3 is 5.97 Å².